The molecule has 3 N–H and O–H groups in total. The number of carboxylic acids is 2. The summed E-state index contributed by atoms with van der Waals surface area (Å²) in [5.41, 5.74) is 5.01. The molecule has 0 spiro atoms. The summed E-state index contributed by atoms with van der Waals surface area (Å²) in [4.78, 5) is 19.1. The predicted octanol–water partition coefficient (Wildman–Crippen LogP) is 3.33. The van der Waals surface area contributed by atoms with E-state index in [0.29, 0.717) is 18.8 Å². The Morgan fingerprint density at radius 2 is 1.61 bits per heavy atom. The largest absolute Gasteiger partial charge is 0.488 e. The van der Waals surface area contributed by atoms with Crippen LogP contribution in [0.15, 0.2) is 66.8 Å². The summed E-state index contributed by atoms with van der Waals surface area (Å²) >= 11 is 0. The minimum absolute atomic E-state index is 0.558. The summed E-state index contributed by atoms with van der Waals surface area (Å²) in [6, 6.07) is 16.8. The van der Waals surface area contributed by atoms with Gasteiger partial charge in [0.25, 0.3) is 0 Å². The number of ether oxygens (including phenoxy) is 1. The molecule has 0 saturated heterocycles. The Labute approximate surface area is 163 Å². The molecule has 0 unspecified atom stereocenters. The summed E-state index contributed by atoms with van der Waals surface area (Å²) in [5.74, 6) is -1.54. The molecule has 0 atom stereocenters. The van der Waals surface area contributed by atoms with Gasteiger partial charge in [-0.1, -0.05) is 48.5 Å². The van der Waals surface area contributed by atoms with Crippen molar-refractivity contribution >= 4 is 17.5 Å². The van der Waals surface area contributed by atoms with Crippen LogP contribution in [0.2, 0.25) is 0 Å². The highest BCUT2D eigenvalue weighted by atomic mass is 16.5. The van der Waals surface area contributed by atoms with Crippen LogP contribution in [-0.2, 0) is 16.2 Å². The molecule has 1 aliphatic heterocycles. The maximum absolute atomic E-state index is 9.55. The molecule has 0 radical (unpaired) electrons. The lowest BCUT2D eigenvalue weighted by Gasteiger charge is -2.10. The minimum atomic E-state index is -1.26. The van der Waals surface area contributed by atoms with E-state index < -0.39 is 11.9 Å². The number of nitrogens with one attached hydrogen (secondary N) is 1. The third-order valence-electron chi connectivity index (χ3n) is 3.98. The number of hydrogen-bond acceptors (Lipinski definition) is 4. The fraction of sp³-hybridized carbons (Fsp3) is 0.182. The van der Waals surface area contributed by atoms with Gasteiger partial charge in [0.15, 0.2) is 0 Å². The normalized spacial score (nSPS) is 13.5. The molecule has 6 nitrogen and oxygen atoms in total. The lowest BCUT2D eigenvalue weighted by Crippen LogP contribution is -2.06. The van der Waals surface area contributed by atoms with Crippen LogP contribution in [0.3, 0.4) is 0 Å². The Bertz CT molecular complexity index is 821. The maximum atomic E-state index is 9.55. The van der Waals surface area contributed by atoms with Gasteiger partial charge >= 0.3 is 11.9 Å². The van der Waals surface area contributed by atoms with Crippen molar-refractivity contribution in [1.29, 1.82) is 0 Å². The SMILES string of the molecule is CNCC/C=C1\c2ccccc2COc2ccccc21.O=C(O)/C=C\C(=O)O. The van der Waals surface area contributed by atoms with Gasteiger partial charge in [0.2, 0.25) is 0 Å². The quantitative estimate of drug-likeness (QED) is 0.543. The topological polar surface area (TPSA) is 95.9 Å². The fourth-order valence-electron chi connectivity index (χ4n) is 2.75. The third kappa shape index (κ3) is 6.10. The molecular weight excluding hydrogens is 358 g/mol. The van der Waals surface area contributed by atoms with Crippen molar-refractivity contribution in [3.8, 4) is 5.75 Å². The van der Waals surface area contributed by atoms with Crippen molar-refractivity contribution in [1.82, 2.24) is 5.32 Å². The van der Waals surface area contributed by atoms with E-state index in [1.807, 2.05) is 19.2 Å². The lowest BCUT2D eigenvalue weighted by atomic mass is 9.93. The molecule has 146 valence electrons. The van der Waals surface area contributed by atoms with Gasteiger partial charge in [-0.3, -0.25) is 0 Å². The summed E-state index contributed by atoms with van der Waals surface area (Å²) in [6.07, 6.45) is 4.43. The van der Waals surface area contributed by atoms with Crippen LogP contribution >= 0.6 is 0 Å². The monoisotopic (exact) mass is 381 g/mol. The van der Waals surface area contributed by atoms with E-state index in [0.717, 1.165) is 18.7 Å². The number of benzene rings is 2. The standard InChI is InChI=1S/C18H19NO.C4H4O4/c1-19-12-6-10-16-15-8-3-2-7-14(15)13-20-18-11-5-4-9-17(16)18;5-3(6)1-2-4(7)8/h2-5,7-11,19H,6,12-13H2,1H3;1-2H,(H,5,6)(H,7,8)/b16-10+;2-1-. The second-order valence-corrected chi connectivity index (χ2v) is 5.96. The Hall–Kier alpha value is -3.38. The molecule has 0 bridgehead atoms. The Kier molecular flexibility index (Phi) is 7.99. The first kappa shape index (κ1) is 20.9. The molecule has 6 heteroatoms. The van der Waals surface area contributed by atoms with E-state index in [1.165, 1.54) is 22.3 Å². The molecular formula is C22H23NO5. The van der Waals surface area contributed by atoms with Crippen LogP contribution in [0.5, 0.6) is 5.75 Å². The van der Waals surface area contributed by atoms with Gasteiger partial charge in [-0.25, -0.2) is 9.59 Å². The first-order valence-corrected chi connectivity index (χ1v) is 8.82. The van der Waals surface area contributed by atoms with Crippen LogP contribution in [0.25, 0.3) is 5.57 Å². The van der Waals surface area contributed by atoms with Crippen molar-refractivity contribution in [2.24, 2.45) is 0 Å². The van der Waals surface area contributed by atoms with Crippen LogP contribution in [0, 0.1) is 0 Å². The molecule has 0 amide bonds. The zero-order chi connectivity index (χ0) is 20.4. The van der Waals surface area contributed by atoms with Crippen LogP contribution in [0.4, 0.5) is 0 Å². The summed E-state index contributed by atoms with van der Waals surface area (Å²) in [5, 5.41) is 18.8. The average molecular weight is 381 g/mol. The molecule has 0 aliphatic carbocycles. The van der Waals surface area contributed by atoms with Crippen LogP contribution in [-0.4, -0.2) is 35.7 Å². The molecule has 28 heavy (non-hydrogen) atoms. The molecule has 2 aromatic rings. The summed E-state index contributed by atoms with van der Waals surface area (Å²) < 4.78 is 5.96. The third-order valence-corrected chi connectivity index (χ3v) is 3.98. The van der Waals surface area contributed by atoms with Gasteiger partial charge in [-0.05, 0) is 42.8 Å². The number of para-hydroxylation sites is 1. The number of hydrogen-bond donors (Lipinski definition) is 3. The van der Waals surface area contributed by atoms with Gasteiger partial charge in [0.1, 0.15) is 12.4 Å². The molecule has 1 aliphatic rings. The Morgan fingerprint density at radius 1 is 1.00 bits per heavy atom. The van der Waals surface area contributed by atoms with Crippen molar-refractivity contribution in [2.45, 2.75) is 13.0 Å². The van der Waals surface area contributed by atoms with E-state index in [-0.39, 0.29) is 0 Å². The van der Waals surface area contributed by atoms with Gasteiger partial charge in [0.05, 0.1) is 0 Å². The highest BCUT2D eigenvalue weighted by Crippen LogP contribution is 2.36. The van der Waals surface area contributed by atoms with E-state index >= 15 is 0 Å². The number of carboxylic acid groups (broad SMARTS) is 2. The van der Waals surface area contributed by atoms with Gasteiger partial charge < -0.3 is 20.3 Å². The van der Waals surface area contributed by atoms with E-state index in [4.69, 9.17) is 14.9 Å². The molecule has 3 rings (SSSR count). The van der Waals surface area contributed by atoms with Gasteiger partial charge in [-0.2, -0.15) is 0 Å². The fourth-order valence-corrected chi connectivity index (χ4v) is 2.75. The van der Waals surface area contributed by atoms with E-state index in [1.54, 1.807) is 0 Å². The van der Waals surface area contributed by atoms with Crippen molar-refractivity contribution in [2.75, 3.05) is 13.6 Å². The van der Waals surface area contributed by atoms with Crippen molar-refractivity contribution in [3.63, 3.8) is 0 Å². The smallest absolute Gasteiger partial charge is 0.328 e. The first-order chi connectivity index (χ1) is 13.5. The van der Waals surface area contributed by atoms with Crippen LogP contribution < -0.4 is 10.1 Å². The molecule has 0 saturated carbocycles. The zero-order valence-electron chi connectivity index (χ0n) is 15.6. The summed E-state index contributed by atoms with van der Waals surface area (Å²) in [6.45, 7) is 1.62. The first-order valence-electron chi connectivity index (χ1n) is 8.82. The Morgan fingerprint density at radius 3 is 2.25 bits per heavy atom. The maximum Gasteiger partial charge on any atom is 0.328 e. The van der Waals surface area contributed by atoms with E-state index in [9.17, 15) is 9.59 Å². The highest BCUT2D eigenvalue weighted by Gasteiger charge is 2.17. The second-order valence-electron chi connectivity index (χ2n) is 5.96. The Balaban J connectivity index is 0.000000300. The minimum Gasteiger partial charge on any atom is -0.488 e. The lowest BCUT2D eigenvalue weighted by molar-refractivity contribution is -0.134. The zero-order valence-corrected chi connectivity index (χ0v) is 15.6. The molecule has 0 aromatic heterocycles. The number of carbonyl (C=O) groups is 2. The summed E-state index contributed by atoms with van der Waals surface area (Å²) in [7, 11) is 1.98. The molecule has 2 aromatic carbocycles. The predicted molar refractivity (Wildman–Crippen MR) is 107 cm³/mol. The van der Waals surface area contributed by atoms with Gasteiger partial charge in [-0.15, -0.1) is 0 Å². The highest BCUT2D eigenvalue weighted by molar-refractivity contribution is 5.89. The van der Waals surface area contributed by atoms with Crippen molar-refractivity contribution in [3.05, 3.63) is 83.4 Å². The van der Waals surface area contributed by atoms with Crippen LogP contribution in [0.1, 0.15) is 23.1 Å². The van der Waals surface area contributed by atoms with Gasteiger partial charge in [0, 0.05) is 17.7 Å². The molecule has 0 fully saturated rings. The average Bonchev–Trinajstić information content (AvgIpc) is 2.85. The molecule has 1 heterocycles. The number of fused-ring (bicyclic) bond motifs is 2. The van der Waals surface area contributed by atoms with Crippen molar-refractivity contribution < 1.29 is 24.5 Å². The second kappa shape index (κ2) is 10.7. The van der Waals surface area contributed by atoms with E-state index in [2.05, 4.69) is 47.8 Å². The number of aliphatic carboxylic acids is 2. The number of rotatable bonds is 5.